The molecule has 0 aliphatic heterocycles. The maximum atomic E-state index is 6.44. The smallest absolute Gasteiger partial charge is 0.100 e. The number of nitrogens with zero attached hydrogens (tertiary/aromatic N) is 2. The van der Waals surface area contributed by atoms with Crippen LogP contribution in [-0.2, 0) is 6.42 Å². The maximum absolute atomic E-state index is 6.44. The molecule has 0 atom stereocenters. The third kappa shape index (κ3) is 2.43. The number of fused-ring (bicyclic) bond motifs is 1. The number of imidazole rings is 1. The van der Waals surface area contributed by atoms with Crippen LogP contribution in [0.2, 0.25) is 5.02 Å². The van der Waals surface area contributed by atoms with Crippen LogP contribution in [0.3, 0.4) is 0 Å². The fraction of sp³-hybridized carbons (Fsp3) is 0.235. The Balaban J connectivity index is 2.28. The summed E-state index contributed by atoms with van der Waals surface area (Å²) in [5.41, 5.74) is 12.4. The largest absolute Gasteiger partial charge is 0.330 e. The lowest BCUT2D eigenvalue weighted by Crippen LogP contribution is -2.07. The molecule has 0 aliphatic carbocycles. The summed E-state index contributed by atoms with van der Waals surface area (Å²) in [6.07, 6.45) is 2.63. The number of nitrogens with two attached hydrogens (primary N) is 1. The van der Waals surface area contributed by atoms with Gasteiger partial charge in [0.25, 0.3) is 0 Å². The van der Waals surface area contributed by atoms with Crippen molar-refractivity contribution < 1.29 is 0 Å². The van der Waals surface area contributed by atoms with Crippen LogP contribution in [0.15, 0.2) is 36.7 Å². The summed E-state index contributed by atoms with van der Waals surface area (Å²) in [4.78, 5) is 4.51. The first kappa shape index (κ1) is 14.1. The molecule has 3 nitrogen and oxygen atoms in total. The van der Waals surface area contributed by atoms with Crippen LogP contribution >= 0.6 is 11.6 Å². The predicted molar refractivity (Wildman–Crippen MR) is 88.3 cm³/mol. The van der Waals surface area contributed by atoms with E-state index in [4.69, 9.17) is 17.3 Å². The summed E-state index contributed by atoms with van der Waals surface area (Å²) in [5, 5.41) is 0.721. The second-order valence-electron chi connectivity index (χ2n) is 5.33. The topological polar surface area (TPSA) is 43.8 Å². The molecule has 2 aromatic carbocycles. The molecule has 0 spiro atoms. The summed E-state index contributed by atoms with van der Waals surface area (Å²) < 4.78 is 2.06. The van der Waals surface area contributed by atoms with Crippen LogP contribution in [0.1, 0.15) is 16.7 Å². The first-order valence-corrected chi connectivity index (χ1v) is 7.41. The third-order valence-corrected chi connectivity index (χ3v) is 4.19. The second-order valence-corrected chi connectivity index (χ2v) is 5.73. The normalized spacial score (nSPS) is 11.2. The van der Waals surface area contributed by atoms with Crippen LogP contribution in [-0.4, -0.2) is 16.1 Å². The Bertz CT molecular complexity index is 805. The molecular weight excluding hydrogens is 282 g/mol. The van der Waals surface area contributed by atoms with Gasteiger partial charge in [0.15, 0.2) is 0 Å². The minimum Gasteiger partial charge on any atom is -0.330 e. The van der Waals surface area contributed by atoms with Gasteiger partial charge in [0.2, 0.25) is 0 Å². The Kier molecular flexibility index (Phi) is 3.70. The first-order chi connectivity index (χ1) is 10.1. The van der Waals surface area contributed by atoms with Crippen molar-refractivity contribution >= 4 is 22.6 Å². The zero-order valence-electron chi connectivity index (χ0n) is 12.2. The van der Waals surface area contributed by atoms with E-state index in [1.54, 1.807) is 0 Å². The molecule has 108 valence electrons. The second kappa shape index (κ2) is 5.51. The predicted octanol–water partition coefficient (Wildman–Crippen LogP) is 3.80. The Morgan fingerprint density at radius 2 is 1.95 bits per heavy atom. The van der Waals surface area contributed by atoms with E-state index in [9.17, 15) is 0 Å². The van der Waals surface area contributed by atoms with Crippen molar-refractivity contribution in [1.82, 2.24) is 9.55 Å². The first-order valence-electron chi connectivity index (χ1n) is 7.04. The Hall–Kier alpha value is -1.84. The van der Waals surface area contributed by atoms with E-state index in [2.05, 4.69) is 41.6 Å². The molecule has 0 fully saturated rings. The summed E-state index contributed by atoms with van der Waals surface area (Å²) in [5.74, 6) is 0. The number of hydrogen-bond acceptors (Lipinski definition) is 2. The summed E-state index contributed by atoms with van der Waals surface area (Å²) in [7, 11) is 0. The lowest BCUT2D eigenvalue weighted by Gasteiger charge is -2.13. The van der Waals surface area contributed by atoms with Crippen LogP contribution in [0.25, 0.3) is 16.7 Å². The quantitative estimate of drug-likeness (QED) is 0.799. The summed E-state index contributed by atoms with van der Waals surface area (Å²) in [6.45, 7) is 4.81. The molecule has 2 N–H and O–H groups in total. The molecular formula is C17H18ClN3. The number of hydrogen-bond donors (Lipinski definition) is 1. The third-order valence-electron chi connectivity index (χ3n) is 3.89. The average molecular weight is 300 g/mol. The van der Waals surface area contributed by atoms with Gasteiger partial charge in [0.1, 0.15) is 6.33 Å². The van der Waals surface area contributed by atoms with Crippen LogP contribution in [0, 0.1) is 13.8 Å². The lowest BCUT2D eigenvalue weighted by molar-refractivity contribution is 0.942. The van der Waals surface area contributed by atoms with Crippen molar-refractivity contribution in [2.45, 2.75) is 20.3 Å². The maximum Gasteiger partial charge on any atom is 0.100 e. The van der Waals surface area contributed by atoms with Crippen molar-refractivity contribution in [3.8, 4) is 5.69 Å². The number of aryl methyl sites for hydroxylation is 2. The Morgan fingerprint density at radius 3 is 2.71 bits per heavy atom. The van der Waals surface area contributed by atoms with E-state index < -0.39 is 0 Å². The van der Waals surface area contributed by atoms with Crippen molar-refractivity contribution in [3.05, 3.63) is 58.4 Å². The van der Waals surface area contributed by atoms with Crippen LogP contribution < -0.4 is 5.73 Å². The van der Waals surface area contributed by atoms with Gasteiger partial charge in [-0.3, -0.25) is 4.57 Å². The van der Waals surface area contributed by atoms with E-state index in [-0.39, 0.29) is 0 Å². The van der Waals surface area contributed by atoms with Gasteiger partial charge in [-0.1, -0.05) is 23.7 Å². The zero-order valence-corrected chi connectivity index (χ0v) is 13.0. The van der Waals surface area contributed by atoms with Crippen molar-refractivity contribution in [1.29, 1.82) is 0 Å². The number of para-hydroxylation sites is 1. The van der Waals surface area contributed by atoms with Gasteiger partial charge in [-0.25, -0.2) is 4.98 Å². The minimum atomic E-state index is 0.595. The molecule has 21 heavy (non-hydrogen) atoms. The van der Waals surface area contributed by atoms with E-state index >= 15 is 0 Å². The standard InChI is InChI=1S/C17H18ClN3/c1-11-8-15-16(9-12(11)2)21(10-20-15)17-13(6-7-19)4-3-5-14(17)18/h3-5,8-10H,6-7,19H2,1-2H3. The van der Waals surface area contributed by atoms with Gasteiger partial charge in [0, 0.05) is 0 Å². The summed E-state index contributed by atoms with van der Waals surface area (Å²) in [6, 6.07) is 10.2. The molecule has 0 unspecified atom stereocenters. The average Bonchev–Trinajstić information content (AvgIpc) is 2.83. The highest BCUT2D eigenvalue weighted by molar-refractivity contribution is 6.32. The van der Waals surface area contributed by atoms with Crippen molar-refractivity contribution in [3.63, 3.8) is 0 Å². The molecule has 1 aromatic heterocycles. The highest BCUT2D eigenvalue weighted by atomic mass is 35.5. The Morgan fingerprint density at radius 1 is 1.19 bits per heavy atom. The molecule has 0 saturated heterocycles. The SMILES string of the molecule is Cc1cc2ncn(-c3c(Cl)cccc3CCN)c2cc1C. The lowest BCUT2D eigenvalue weighted by atomic mass is 10.1. The highest BCUT2D eigenvalue weighted by Crippen LogP contribution is 2.29. The fourth-order valence-corrected chi connectivity index (χ4v) is 2.91. The monoisotopic (exact) mass is 299 g/mol. The molecule has 0 aliphatic rings. The van der Waals surface area contributed by atoms with Gasteiger partial charge in [-0.15, -0.1) is 0 Å². The van der Waals surface area contributed by atoms with Crippen LogP contribution in [0.5, 0.6) is 0 Å². The van der Waals surface area contributed by atoms with E-state index in [0.29, 0.717) is 6.54 Å². The molecule has 0 bridgehead atoms. The van der Waals surface area contributed by atoms with Gasteiger partial charge < -0.3 is 5.73 Å². The minimum absolute atomic E-state index is 0.595. The molecule has 3 rings (SSSR count). The molecule has 0 amide bonds. The number of benzene rings is 2. The molecule has 3 aromatic rings. The van der Waals surface area contributed by atoms with E-state index in [1.807, 2.05) is 18.5 Å². The van der Waals surface area contributed by atoms with E-state index in [0.717, 1.165) is 33.7 Å². The fourth-order valence-electron chi connectivity index (χ4n) is 2.63. The van der Waals surface area contributed by atoms with Crippen molar-refractivity contribution in [2.24, 2.45) is 5.73 Å². The molecule has 0 saturated carbocycles. The van der Waals surface area contributed by atoms with Gasteiger partial charge in [-0.2, -0.15) is 0 Å². The van der Waals surface area contributed by atoms with Gasteiger partial charge in [-0.05, 0) is 61.7 Å². The van der Waals surface area contributed by atoms with E-state index in [1.165, 1.54) is 11.1 Å². The van der Waals surface area contributed by atoms with Crippen molar-refractivity contribution in [2.75, 3.05) is 6.54 Å². The van der Waals surface area contributed by atoms with Gasteiger partial charge >= 0.3 is 0 Å². The Labute approximate surface area is 129 Å². The molecule has 4 heteroatoms. The molecule has 1 heterocycles. The highest BCUT2D eigenvalue weighted by Gasteiger charge is 2.13. The van der Waals surface area contributed by atoms with Crippen LogP contribution in [0.4, 0.5) is 0 Å². The molecule has 0 radical (unpaired) electrons. The summed E-state index contributed by atoms with van der Waals surface area (Å²) >= 11 is 6.44. The zero-order chi connectivity index (χ0) is 15.0. The number of halogens is 1. The number of rotatable bonds is 3. The van der Waals surface area contributed by atoms with Gasteiger partial charge in [0.05, 0.1) is 21.7 Å². The number of aromatic nitrogens is 2.